The summed E-state index contributed by atoms with van der Waals surface area (Å²) < 4.78 is 11.5. The third-order valence-corrected chi connectivity index (χ3v) is 3.84. The summed E-state index contributed by atoms with van der Waals surface area (Å²) in [4.78, 5) is 0. The van der Waals surface area contributed by atoms with Crippen LogP contribution in [0.2, 0.25) is 0 Å². The van der Waals surface area contributed by atoms with E-state index in [2.05, 4.69) is 43.0 Å². The average molecular weight is 280 g/mol. The van der Waals surface area contributed by atoms with E-state index in [-0.39, 0.29) is 6.10 Å². The maximum atomic E-state index is 5.84. The van der Waals surface area contributed by atoms with E-state index in [1.165, 1.54) is 16.7 Å². The Bertz CT molecular complexity index is 601. The molecule has 0 bridgehead atoms. The molecule has 0 saturated carbocycles. The first-order valence-corrected chi connectivity index (χ1v) is 7.35. The molecule has 108 valence electrons. The second kappa shape index (κ2) is 6.70. The summed E-state index contributed by atoms with van der Waals surface area (Å²) >= 11 is 0. The number of hydrogen-bond donors (Lipinski definition) is 0. The lowest BCUT2D eigenvalue weighted by Crippen LogP contribution is -2.21. The SMILES string of the molecule is C=Cc1ccc(COCCOC2Cc3ccccc32)cc1. The second-order valence-electron chi connectivity index (χ2n) is 5.26. The van der Waals surface area contributed by atoms with Crippen LogP contribution in [-0.2, 0) is 22.5 Å². The second-order valence-corrected chi connectivity index (χ2v) is 5.26. The lowest BCUT2D eigenvalue weighted by Gasteiger charge is -2.29. The van der Waals surface area contributed by atoms with E-state index in [0.29, 0.717) is 19.8 Å². The lowest BCUT2D eigenvalue weighted by molar-refractivity contribution is -0.0100. The van der Waals surface area contributed by atoms with Gasteiger partial charge in [-0.2, -0.15) is 0 Å². The van der Waals surface area contributed by atoms with Crippen molar-refractivity contribution >= 4 is 6.08 Å². The Hall–Kier alpha value is -1.90. The fourth-order valence-corrected chi connectivity index (χ4v) is 2.55. The molecule has 2 aromatic rings. The van der Waals surface area contributed by atoms with Crippen molar-refractivity contribution in [2.75, 3.05) is 13.2 Å². The molecule has 0 radical (unpaired) electrons. The van der Waals surface area contributed by atoms with Gasteiger partial charge >= 0.3 is 0 Å². The monoisotopic (exact) mass is 280 g/mol. The smallest absolute Gasteiger partial charge is 0.0869 e. The molecule has 1 atom stereocenters. The molecule has 0 aromatic heterocycles. The molecule has 3 rings (SSSR count). The van der Waals surface area contributed by atoms with Crippen LogP contribution in [0.3, 0.4) is 0 Å². The summed E-state index contributed by atoms with van der Waals surface area (Å²) in [6.45, 7) is 5.64. The van der Waals surface area contributed by atoms with Crippen LogP contribution in [0.15, 0.2) is 55.1 Å². The van der Waals surface area contributed by atoms with Crippen LogP contribution < -0.4 is 0 Å². The van der Waals surface area contributed by atoms with E-state index in [9.17, 15) is 0 Å². The largest absolute Gasteiger partial charge is 0.374 e. The van der Waals surface area contributed by atoms with Gasteiger partial charge in [-0.05, 0) is 22.3 Å². The van der Waals surface area contributed by atoms with Crippen molar-refractivity contribution in [2.24, 2.45) is 0 Å². The minimum absolute atomic E-state index is 0.261. The number of fused-ring (bicyclic) bond motifs is 1. The van der Waals surface area contributed by atoms with Crippen LogP contribution in [0, 0.1) is 0 Å². The van der Waals surface area contributed by atoms with E-state index in [1.54, 1.807) is 0 Å². The van der Waals surface area contributed by atoms with Crippen molar-refractivity contribution in [1.29, 1.82) is 0 Å². The third-order valence-electron chi connectivity index (χ3n) is 3.84. The van der Waals surface area contributed by atoms with Gasteiger partial charge in [-0.25, -0.2) is 0 Å². The van der Waals surface area contributed by atoms with Gasteiger partial charge in [-0.15, -0.1) is 0 Å². The van der Waals surface area contributed by atoms with E-state index in [0.717, 1.165) is 12.0 Å². The van der Waals surface area contributed by atoms with Crippen molar-refractivity contribution in [3.8, 4) is 0 Å². The van der Waals surface area contributed by atoms with E-state index in [1.807, 2.05) is 18.2 Å². The van der Waals surface area contributed by atoms with Gasteiger partial charge in [0, 0.05) is 6.42 Å². The Labute approximate surface area is 126 Å². The molecule has 0 heterocycles. The van der Waals surface area contributed by atoms with Crippen LogP contribution in [0.1, 0.15) is 28.4 Å². The van der Waals surface area contributed by atoms with Crippen LogP contribution in [0.25, 0.3) is 6.08 Å². The van der Waals surface area contributed by atoms with Gasteiger partial charge in [-0.3, -0.25) is 0 Å². The van der Waals surface area contributed by atoms with Crippen LogP contribution in [0.4, 0.5) is 0 Å². The Balaban J connectivity index is 1.35. The molecule has 0 saturated heterocycles. The van der Waals surface area contributed by atoms with Crippen molar-refractivity contribution < 1.29 is 9.47 Å². The molecule has 0 amide bonds. The Morgan fingerprint density at radius 1 is 1.05 bits per heavy atom. The van der Waals surface area contributed by atoms with Crippen molar-refractivity contribution in [3.05, 3.63) is 77.4 Å². The molecule has 2 aromatic carbocycles. The zero-order chi connectivity index (χ0) is 14.5. The molecule has 2 heteroatoms. The van der Waals surface area contributed by atoms with Crippen molar-refractivity contribution in [3.63, 3.8) is 0 Å². The highest BCUT2D eigenvalue weighted by atomic mass is 16.5. The third kappa shape index (κ3) is 3.41. The molecular formula is C19H20O2. The standard InChI is InChI=1S/C19H20O2/c1-2-15-7-9-16(10-8-15)14-20-11-12-21-19-13-17-5-3-4-6-18(17)19/h2-10,19H,1,11-14H2. The van der Waals surface area contributed by atoms with Gasteiger partial charge in [0.1, 0.15) is 0 Å². The minimum atomic E-state index is 0.261. The first kappa shape index (κ1) is 14.1. The van der Waals surface area contributed by atoms with Gasteiger partial charge in [0.2, 0.25) is 0 Å². The van der Waals surface area contributed by atoms with Gasteiger partial charge in [-0.1, -0.05) is 61.2 Å². The Morgan fingerprint density at radius 2 is 1.86 bits per heavy atom. The highest BCUT2D eigenvalue weighted by molar-refractivity contribution is 5.47. The average Bonchev–Trinajstić information content (AvgIpc) is 2.51. The maximum Gasteiger partial charge on any atom is 0.0869 e. The molecule has 1 aliphatic carbocycles. The minimum Gasteiger partial charge on any atom is -0.374 e. The fraction of sp³-hybridized carbons (Fsp3) is 0.263. The summed E-state index contributed by atoms with van der Waals surface area (Å²) in [5, 5.41) is 0. The number of hydrogen-bond acceptors (Lipinski definition) is 2. The summed E-state index contributed by atoms with van der Waals surface area (Å²) in [6, 6.07) is 16.7. The first-order valence-electron chi connectivity index (χ1n) is 7.35. The molecule has 2 nitrogen and oxygen atoms in total. The topological polar surface area (TPSA) is 18.5 Å². The lowest BCUT2D eigenvalue weighted by atomic mass is 9.85. The fourth-order valence-electron chi connectivity index (χ4n) is 2.55. The zero-order valence-electron chi connectivity index (χ0n) is 12.1. The molecule has 0 spiro atoms. The first-order chi connectivity index (χ1) is 10.4. The van der Waals surface area contributed by atoms with Gasteiger partial charge < -0.3 is 9.47 Å². The number of rotatable bonds is 7. The highest BCUT2D eigenvalue weighted by Gasteiger charge is 2.25. The number of benzene rings is 2. The van der Waals surface area contributed by atoms with E-state index >= 15 is 0 Å². The molecule has 1 unspecified atom stereocenters. The van der Waals surface area contributed by atoms with Crippen LogP contribution in [-0.4, -0.2) is 13.2 Å². The van der Waals surface area contributed by atoms with Crippen LogP contribution in [0.5, 0.6) is 0 Å². The molecule has 0 aliphatic heterocycles. The Morgan fingerprint density at radius 3 is 2.62 bits per heavy atom. The summed E-state index contributed by atoms with van der Waals surface area (Å²) in [6.07, 6.45) is 3.13. The van der Waals surface area contributed by atoms with Crippen molar-refractivity contribution in [1.82, 2.24) is 0 Å². The summed E-state index contributed by atoms with van der Waals surface area (Å²) in [5.74, 6) is 0. The maximum absolute atomic E-state index is 5.84. The molecule has 21 heavy (non-hydrogen) atoms. The number of ether oxygens (including phenoxy) is 2. The molecular weight excluding hydrogens is 260 g/mol. The van der Waals surface area contributed by atoms with E-state index < -0.39 is 0 Å². The van der Waals surface area contributed by atoms with E-state index in [4.69, 9.17) is 9.47 Å². The Kier molecular flexibility index (Phi) is 4.49. The molecule has 0 fully saturated rings. The van der Waals surface area contributed by atoms with Gasteiger partial charge in [0.15, 0.2) is 0 Å². The van der Waals surface area contributed by atoms with Gasteiger partial charge in [0.25, 0.3) is 0 Å². The quantitative estimate of drug-likeness (QED) is 0.709. The predicted octanol–water partition coefficient (Wildman–Crippen LogP) is 4.16. The predicted molar refractivity (Wildman–Crippen MR) is 85.0 cm³/mol. The molecule has 0 N–H and O–H groups in total. The van der Waals surface area contributed by atoms with Crippen molar-refractivity contribution in [2.45, 2.75) is 19.1 Å². The summed E-state index contributed by atoms with van der Waals surface area (Å²) in [5.41, 5.74) is 5.04. The van der Waals surface area contributed by atoms with Gasteiger partial charge in [0.05, 0.1) is 25.9 Å². The van der Waals surface area contributed by atoms with Crippen LogP contribution >= 0.6 is 0 Å². The highest BCUT2D eigenvalue weighted by Crippen LogP contribution is 2.35. The zero-order valence-corrected chi connectivity index (χ0v) is 12.1. The molecule has 1 aliphatic rings. The summed E-state index contributed by atoms with van der Waals surface area (Å²) in [7, 11) is 0. The normalized spacial score (nSPS) is 16.1.